The van der Waals surface area contributed by atoms with Crippen LogP contribution < -0.4 is 5.73 Å². The summed E-state index contributed by atoms with van der Waals surface area (Å²) in [5.74, 6) is 0.882. The van der Waals surface area contributed by atoms with Crippen LogP contribution in [0.25, 0.3) is 10.6 Å². The molecule has 1 aliphatic rings. The van der Waals surface area contributed by atoms with Crippen molar-refractivity contribution in [3.05, 3.63) is 21.5 Å². The second kappa shape index (κ2) is 4.35. The van der Waals surface area contributed by atoms with Gasteiger partial charge in [0.2, 0.25) is 0 Å². The van der Waals surface area contributed by atoms with Crippen LogP contribution in [0.4, 0.5) is 5.82 Å². The van der Waals surface area contributed by atoms with Crippen molar-refractivity contribution in [1.82, 2.24) is 5.16 Å². The van der Waals surface area contributed by atoms with Gasteiger partial charge in [0.25, 0.3) is 0 Å². The molecule has 2 aromatic rings. The highest BCUT2D eigenvalue weighted by atomic mass is 35.5. The highest BCUT2D eigenvalue weighted by molar-refractivity contribution is 7.15. The van der Waals surface area contributed by atoms with Crippen LogP contribution in [-0.2, 0) is 12.8 Å². The number of rotatable bonds is 1. The van der Waals surface area contributed by atoms with Gasteiger partial charge in [0.15, 0.2) is 11.6 Å². The first-order valence-corrected chi connectivity index (χ1v) is 6.98. The van der Waals surface area contributed by atoms with Gasteiger partial charge in [-0.05, 0) is 37.3 Å². The molecule has 0 radical (unpaired) electrons. The Hall–Kier alpha value is -1.00. The van der Waals surface area contributed by atoms with Crippen molar-refractivity contribution in [1.29, 1.82) is 0 Å². The summed E-state index contributed by atoms with van der Waals surface area (Å²) in [7, 11) is 0. The fraction of sp³-hybridized carbons (Fsp3) is 0.417. The largest absolute Gasteiger partial charge is 0.380 e. The van der Waals surface area contributed by atoms with Gasteiger partial charge in [0.1, 0.15) is 5.02 Å². The molecule has 2 heterocycles. The van der Waals surface area contributed by atoms with Crippen molar-refractivity contribution >= 4 is 28.8 Å². The number of fused-ring (bicyclic) bond motifs is 1. The fourth-order valence-electron chi connectivity index (χ4n) is 2.22. The number of hydrogen-bond acceptors (Lipinski definition) is 4. The van der Waals surface area contributed by atoms with Crippen LogP contribution in [0.1, 0.15) is 29.7 Å². The maximum absolute atomic E-state index is 6.06. The highest BCUT2D eigenvalue weighted by Crippen LogP contribution is 2.39. The lowest BCUT2D eigenvalue weighted by atomic mass is 10.1. The second-order valence-corrected chi connectivity index (χ2v) is 5.85. The van der Waals surface area contributed by atoms with Gasteiger partial charge in [-0.15, -0.1) is 11.3 Å². The lowest BCUT2D eigenvalue weighted by molar-refractivity contribution is 0.436. The molecule has 0 unspecified atom stereocenters. The number of nitrogens with two attached hydrogens (primary N) is 1. The normalized spacial score (nSPS) is 15.6. The molecule has 0 bridgehead atoms. The van der Waals surface area contributed by atoms with E-state index in [9.17, 15) is 0 Å². The number of halogens is 1. The lowest BCUT2D eigenvalue weighted by Gasteiger charge is -1.92. The number of nitrogen functional groups attached to an aromatic ring is 1. The van der Waals surface area contributed by atoms with E-state index >= 15 is 0 Å². The van der Waals surface area contributed by atoms with E-state index in [1.807, 2.05) is 0 Å². The zero-order valence-corrected chi connectivity index (χ0v) is 10.9. The maximum Gasteiger partial charge on any atom is 0.197 e. The molecule has 3 rings (SSSR count). The molecule has 5 heteroatoms. The predicted octanol–water partition coefficient (Wildman–Crippen LogP) is 3.91. The third-order valence-corrected chi connectivity index (χ3v) is 4.73. The van der Waals surface area contributed by atoms with Crippen molar-refractivity contribution in [2.75, 3.05) is 5.73 Å². The van der Waals surface area contributed by atoms with E-state index in [-0.39, 0.29) is 5.82 Å². The number of aromatic nitrogens is 1. The number of nitrogens with zero attached hydrogens (tertiary/aromatic N) is 1. The Labute approximate surface area is 109 Å². The van der Waals surface area contributed by atoms with Gasteiger partial charge in [0.05, 0.1) is 4.88 Å². The average molecular weight is 269 g/mol. The quantitative estimate of drug-likeness (QED) is 0.798. The van der Waals surface area contributed by atoms with Gasteiger partial charge in [-0.3, -0.25) is 0 Å². The van der Waals surface area contributed by atoms with Gasteiger partial charge in [-0.1, -0.05) is 23.2 Å². The number of hydrogen-bond donors (Lipinski definition) is 1. The first-order chi connectivity index (χ1) is 8.25. The summed E-state index contributed by atoms with van der Waals surface area (Å²) in [5.41, 5.74) is 7.03. The molecule has 0 saturated heterocycles. The van der Waals surface area contributed by atoms with Crippen molar-refractivity contribution in [2.24, 2.45) is 0 Å². The zero-order chi connectivity index (χ0) is 11.8. The molecule has 90 valence electrons. The van der Waals surface area contributed by atoms with Gasteiger partial charge in [-0.25, -0.2) is 0 Å². The van der Waals surface area contributed by atoms with Crippen molar-refractivity contribution in [3.63, 3.8) is 0 Å². The molecule has 0 spiro atoms. The van der Waals surface area contributed by atoms with E-state index in [0.717, 1.165) is 11.3 Å². The van der Waals surface area contributed by atoms with Crippen LogP contribution in [0.2, 0.25) is 5.02 Å². The molecular formula is C12H13ClN2OS. The Kier molecular flexibility index (Phi) is 2.84. The van der Waals surface area contributed by atoms with Crippen LogP contribution in [0, 0.1) is 0 Å². The molecule has 0 atom stereocenters. The molecule has 0 amide bonds. The summed E-state index contributed by atoms with van der Waals surface area (Å²) in [4.78, 5) is 2.51. The molecule has 17 heavy (non-hydrogen) atoms. The molecule has 0 aliphatic heterocycles. The van der Waals surface area contributed by atoms with E-state index in [2.05, 4.69) is 11.2 Å². The first kappa shape index (κ1) is 11.1. The lowest BCUT2D eigenvalue weighted by Crippen LogP contribution is -1.82. The standard InChI is InChI=1S/C12H13ClN2OS/c13-10-11(16-15-12(10)14)9-6-7-4-2-1-3-5-8(7)17-9/h6H,1-5H2,(H2,14,15). The monoisotopic (exact) mass is 268 g/mol. The number of thiophene rings is 1. The molecule has 2 N–H and O–H groups in total. The van der Waals surface area contributed by atoms with Gasteiger partial charge >= 0.3 is 0 Å². The van der Waals surface area contributed by atoms with Crippen molar-refractivity contribution in [2.45, 2.75) is 32.1 Å². The Morgan fingerprint density at radius 1 is 1.29 bits per heavy atom. The minimum atomic E-state index is 0.269. The van der Waals surface area contributed by atoms with E-state index in [4.69, 9.17) is 21.9 Å². The highest BCUT2D eigenvalue weighted by Gasteiger charge is 2.19. The summed E-state index contributed by atoms with van der Waals surface area (Å²) in [5, 5.41) is 4.13. The van der Waals surface area contributed by atoms with Crippen LogP contribution in [0.5, 0.6) is 0 Å². The van der Waals surface area contributed by atoms with Crippen molar-refractivity contribution < 1.29 is 4.52 Å². The van der Waals surface area contributed by atoms with E-state index in [1.165, 1.54) is 36.1 Å². The Morgan fingerprint density at radius 3 is 2.88 bits per heavy atom. The summed E-state index contributed by atoms with van der Waals surface area (Å²) in [6.07, 6.45) is 6.20. The topological polar surface area (TPSA) is 52.0 Å². The summed E-state index contributed by atoms with van der Waals surface area (Å²) >= 11 is 7.82. The average Bonchev–Trinajstić information content (AvgIpc) is 2.78. The molecule has 0 saturated carbocycles. The molecule has 3 nitrogen and oxygen atoms in total. The van der Waals surface area contributed by atoms with Crippen LogP contribution in [0.3, 0.4) is 0 Å². The third kappa shape index (κ3) is 1.96. The molecule has 1 aliphatic carbocycles. The molecule has 0 aromatic carbocycles. The molecular weight excluding hydrogens is 256 g/mol. The zero-order valence-electron chi connectivity index (χ0n) is 9.33. The Morgan fingerprint density at radius 2 is 2.12 bits per heavy atom. The van der Waals surface area contributed by atoms with Crippen LogP contribution in [-0.4, -0.2) is 5.16 Å². The van der Waals surface area contributed by atoms with E-state index in [0.29, 0.717) is 10.8 Å². The van der Waals surface area contributed by atoms with Crippen LogP contribution in [0.15, 0.2) is 10.6 Å². The summed E-state index contributed by atoms with van der Waals surface area (Å²) < 4.78 is 5.19. The second-order valence-electron chi connectivity index (χ2n) is 4.33. The third-order valence-electron chi connectivity index (χ3n) is 3.13. The first-order valence-electron chi connectivity index (χ1n) is 5.78. The maximum atomic E-state index is 6.06. The van der Waals surface area contributed by atoms with E-state index < -0.39 is 0 Å². The SMILES string of the molecule is Nc1noc(-c2cc3c(s2)CCCCC3)c1Cl. The van der Waals surface area contributed by atoms with Gasteiger partial charge in [0, 0.05) is 4.88 Å². The Bertz CT molecular complexity index is 523. The van der Waals surface area contributed by atoms with Gasteiger partial charge < -0.3 is 10.3 Å². The fourth-order valence-corrected chi connectivity index (χ4v) is 3.69. The number of anilines is 1. The molecule has 2 aromatic heterocycles. The Balaban J connectivity index is 2.02. The number of aryl methyl sites for hydroxylation is 2. The minimum Gasteiger partial charge on any atom is -0.380 e. The van der Waals surface area contributed by atoms with Gasteiger partial charge in [-0.2, -0.15) is 0 Å². The summed E-state index contributed by atoms with van der Waals surface area (Å²) in [6, 6.07) is 2.18. The summed E-state index contributed by atoms with van der Waals surface area (Å²) in [6.45, 7) is 0. The van der Waals surface area contributed by atoms with Crippen molar-refractivity contribution in [3.8, 4) is 10.6 Å². The minimum absolute atomic E-state index is 0.269. The molecule has 0 fully saturated rings. The van der Waals surface area contributed by atoms with E-state index in [1.54, 1.807) is 11.3 Å². The predicted molar refractivity (Wildman–Crippen MR) is 70.5 cm³/mol. The van der Waals surface area contributed by atoms with Crippen LogP contribution >= 0.6 is 22.9 Å². The smallest absolute Gasteiger partial charge is 0.197 e.